The zero-order chi connectivity index (χ0) is 24.6. The van der Waals surface area contributed by atoms with Gasteiger partial charge in [-0.15, -0.1) is 0 Å². The number of aliphatic hydroxyl groups excluding tert-OH is 1. The summed E-state index contributed by atoms with van der Waals surface area (Å²) in [6, 6.07) is 0. The van der Waals surface area contributed by atoms with Gasteiger partial charge in [-0.1, -0.05) is 26.3 Å². The fraction of sp³-hybridized carbons (Fsp3) is 0.792. The first kappa shape index (κ1) is 24.4. The zero-order valence-corrected chi connectivity index (χ0v) is 19.1. The molecule has 0 bridgehead atoms. The van der Waals surface area contributed by atoms with E-state index in [0.29, 0.717) is 19.3 Å². The Bertz CT molecular complexity index is 912. The summed E-state index contributed by atoms with van der Waals surface area (Å²) >= 11 is 0. The van der Waals surface area contributed by atoms with Gasteiger partial charge in [-0.05, 0) is 61.3 Å². The van der Waals surface area contributed by atoms with E-state index in [9.17, 15) is 37.8 Å². The minimum absolute atomic E-state index is 0.0101. The van der Waals surface area contributed by atoms with E-state index >= 15 is 0 Å². The Morgan fingerprint density at radius 3 is 2.52 bits per heavy atom. The van der Waals surface area contributed by atoms with Crippen LogP contribution in [0, 0.1) is 34.5 Å². The van der Waals surface area contributed by atoms with E-state index in [2.05, 4.69) is 0 Å². The van der Waals surface area contributed by atoms with Crippen molar-refractivity contribution in [3.63, 3.8) is 0 Å². The standard InChI is InChI=1S/C24H31F3O6/c1-12-8-14-15-5-7-23(32,18(30)11-28)22(15,3)10-17(33-20(31)24(25,26)27)19(14)21(2)6-4-13(29)9-16(12)21/h9,12,14-15,17,19,28,32H,4-8,10-11H2,1-3H3/t12?,14-,15-,17-,19+,21-,22-,23-/m0/s1. The van der Waals surface area contributed by atoms with Crippen LogP contribution in [0.5, 0.6) is 0 Å². The second-order valence-electron chi connectivity index (χ2n) is 11.0. The van der Waals surface area contributed by atoms with Crippen LogP contribution in [0.2, 0.25) is 0 Å². The van der Waals surface area contributed by atoms with Crippen LogP contribution in [0.1, 0.15) is 59.3 Å². The van der Waals surface area contributed by atoms with Gasteiger partial charge in [-0.3, -0.25) is 9.59 Å². The Balaban J connectivity index is 1.83. The third-order valence-corrected chi connectivity index (χ3v) is 9.44. The van der Waals surface area contributed by atoms with Crippen molar-refractivity contribution in [2.75, 3.05) is 6.61 Å². The molecule has 0 spiro atoms. The van der Waals surface area contributed by atoms with Crippen LogP contribution in [0.3, 0.4) is 0 Å². The highest BCUT2D eigenvalue weighted by molar-refractivity contribution is 5.92. The first-order chi connectivity index (χ1) is 15.2. The van der Waals surface area contributed by atoms with Crippen LogP contribution in [0.4, 0.5) is 13.2 Å². The van der Waals surface area contributed by atoms with E-state index in [1.807, 2.05) is 13.8 Å². The van der Waals surface area contributed by atoms with Gasteiger partial charge < -0.3 is 14.9 Å². The molecule has 0 saturated heterocycles. The predicted molar refractivity (Wildman–Crippen MR) is 110 cm³/mol. The lowest BCUT2D eigenvalue weighted by atomic mass is 9.44. The fourth-order valence-electron chi connectivity index (χ4n) is 7.99. The maximum Gasteiger partial charge on any atom is 0.490 e. The van der Waals surface area contributed by atoms with Crippen LogP contribution >= 0.6 is 0 Å². The summed E-state index contributed by atoms with van der Waals surface area (Å²) < 4.78 is 44.7. The number of hydrogen-bond acceptors (Lipinski definition) is 6. The number of aliphatic hydroxyl groups is 2. The summed E-state index contributed by atoms with van der Waals surface area (Å²) in [6.07, 6.45) is -3.00. The van der Waals surface area contributed by atoms with Gasteiger partial charge in [0.15, 0.2) is 11.6 Å². The molecular weight excluding hydrogens is 441 g/mol. The summed E-state index contributed by atoms with van der Waals surface area (Å²) in [7, 11) is 0. The minimum Gasteiger partial charge on any atom is -0.455 e. The Morgan fingerprint density at radius 1 is 1.24 bits per heavy atom. The molecule has 1 unspecified atom stereocenters. The molecule has 0 aromatic carbocycles. The quantitative estimate of drug-likeness (QED) is 0.612. The molecule has 3 saturated carbocycles. The van der Waals surface area contributed by atoms with Crippen molar-refractivity contribution < 1.29 is 42.5 Å². The molecule has 0 amide bonds. The van der Waals surface area contributed by atoms with E-state index < -0.39 is 53.0 Å². The topological polar surface area (TPSA) is 101 Å². The lowest BCUT2D eigenvalue weighted by molar-refractivity contribution is -0.227. The van der Waals surface area contributed by atoms with Crippen molar-refractivity contribution in [1.29, 1.82) is 0 Å². The second kappa shape index (κ2) is 7.63. The van der Waals surface area contributed by atoms with Crippen molar-refractivity contribution in [1.82, 2.24) is 0 Å². The average molecular weight is 473 g/mol. The van der Waals surface area contributed by atoms with Gasteiger partial charge in [0.25, 0.3) is 0 Å². The lowest BCUT2D eigenvalue weighted by Gasteiger charge is -2.62. The maximum absolute atomic E-state index is 13.2. The van der Waals surface area contributed by atoms with Gasteiger partial charge in [0.2, 0.25) is 0 Å². The molecule has 0 radical (unpaired) electrons. The Hall–Kier alpha value is -1.74. The van der Waals surface area contributed by atoms with Gasteiger partial charge in [0.05, 0.1) is 0 Å². The second-order valence-corrected chi connectivity index (χ2v) is 11.0. The van der Waals surface area contributed by atoms with Crippen LogP contribution in [0.25, 0.3) is 0 Å². The van der Waals surface area contributed by atoms with Crippen molar-refractivity contribution in [3.8, 4) is 0 Å². The van der Waals surface area contributed by atoms with Crippen molar-refractivity contribution in [2.24, 2.45) is 34.5 Å². The molecule has 9 heteroatoms. The van der Waals surface area contributed by atoms with Crippen molar-refractivity contribution >= 4 is 17.5 Å². The minimum atomic E-state index is -5.18. The molecule has 33 heavy (non-hydrogen) atoms. The Kier molecular flexibility index (Phi) is 5.64. The van der Waals surface area contributed by atoms with E-state index in [4.69, 9.17) is 4.74 Å². The zero-order valence-electron chi connectivity index (χ0n) is 19.1. The first-order valence-electron chi connectivity index (χ1n) is 11.6. The highest BCUT2D eigenvalue weighted by atomic mass is 19.4. The number of esters is 1. The van der Waals surface area contributed by atoms with Gasteiger partial charge in [0.1, 0.15) is 18.3 Å². The molecule has 2 N–H and O–H groups in total. The third kappa shape index (κ3) is 3.40. The molecule has 0 aromatic heterocycles. The number of halogens is 3. The average Bonchev–Trinajstić information content (AvgIpc) is 2.99. The van der Waals surface area contributed by atoms with Crippen molar-refractivity contribution in [3.05, 3.63) is 11.6 Å². The molecular formula is C24H31F3O6. The first-order valence-corrected chi connectivity index (χ1v) is 11.6. The third-order valence-electron chi connectivity index (χ3n) is 9.44. The van der Waals surface area contributed by atoms with Crippen molar-refractivity contribution in [2.45, 2.75) is 77.2 Å². The summed E-state index contributed by atoms with van der Waals surface area (Å²) in [4.78, 5) is 36.7. The molecule has 3 fully saturated rings. The van der Waals surface area contributed by atoms with Gasteiger partial charge >= 0.3 is 12.1 Å². The van der Waals surface area contributed by atoms with Crippen LogP contribution in [-0.4, -0.2) is 52.2 Å². The van der Waals surface area contributed by atoms with E-state index in [-0.39, 0.29) is 42.8 Å². The molecule has 184 valence electrons. The van der Waals surface area contributed by atoms with Gasteiger partial charge in [0, 0.05) is 17.8 Å². The largest absolute Gasteiger partial charge is 0.490 e. The molecule has 0 heterocycles. The number of carbonyl (C=O) groups is 3. The highest BCUT2D eigenvalue weighted by Crippen LogP contribution is 2.69. The summed E-state index contributed by atoms with van der Waals surface area (Å²) in [5.74, 6) is -3.94. The number of carbonyl (C=O) groups excluding carboxylic acids is 3. The number of allylic oxidation sites excluding steroid dienone is 1. The molecule has 6 nitrogen and oxygen atoms in total. The predicted octanol–water partition coefficient (Wildman–Crippen LogP) is 3.14. The number of ketones is 2. The number of fused-ring (bicyclic) bond motifs is 5. The Morgan fingerprint density at radius 2 is 1.91 bits per heavy atom. The highest BCUT2D eigenvalue weighted by Gasteiger charge is 2.69. The van der Waals surface area contributed by atoms with E-state index in [0.717, 1.165) is 5.57 Å². The van der Waals surface area contributed by atoms with Crippen LogP contribution in [-0.2, 0) is 19.1 Å². The number of hydrogen-bond donors (Lipinski definition) is 2. The lowest BCUT2D eigenvalue weighted by Crippen LogP contribution is -2.63. The number of ether oxygens (including phenoxy) is 1. The molecule has 0 aromatic rings. The van der Waals surface area contributed by atoms with Gasteiger partial charge in [-0.2, -0.15) is 13.2 Å². The summed E-state index contributed by atoms with van der Waals surface area (Å²) in [5.41, 5.74) is -2.79. The SMILES string of the molecule is CC1C[C@@H]2[C@H]([C@@H](OC(=O)C(F)(F)F)C[C@@]3(C)[C@H]2CC[C@]3(O)C(=O)CO)[C@@]2(C)CCC(=O)C=C12. The Labute approximate surface area is 190 Å². The van der Waals surface area contributed by atoms with E-state index in [1.165, 1.54) is 0 Å². The summed E-state index contributed by atoms with van der Waals surface area (Å²) in [6.45, 7) is 4.73. The smallest absolute Gasteiger partial charge is 0.455 e. The van der Waals surface area contributed by atoms with Crippen LogP contribution < -0.4 is 0 Å². The van der Waals surface area contributed by atoms with E-state index in [1.54, 1.807) is 13.0 Å². The number of rotatable bonds is 3. The number of alkyl halides is 3. The molecule has 8 atom stereocenters. The fourth-order valence-corrected chi connectivity index (χ4v) is 7.99. The molecule has 4 aliphatic rings. The normalized spacial score (nSPS) is 44.9. The molecule has 4 rings (SSSR count). The number of Topliss-reactive ketones (excluding diaryl/α,β-unsaturated/α-hetero) is 1. The maximum atomic E-state index is 13.2. The molecule has 4 aliphatic carbocycles. The monoisotopic (exact) mass is 472 g/mol. The molecule has 0 aliphatic heterocycles. The van der Waals surface area contributed by atoms with Crippen LogP contribution in [0.15, 0.2) is 11.6 Å². The summed E-state index contributed by atoms with van der Waals surface area (Å²) in [5, 5.41) is 20.9. The van der Waals surface area contributed by atoms with Gasteiger partial charge in [-0.25, -0.2) is 4.79 Å².